The van der Waals surface area contributed by atoms with Crippen LogP contribution in [0.2, 0.25) is 0 Å². The summed E-state index contributed by atoms with van der Waals surface area (Å²) < 4.78 is 13.2. The van der Waals surface area contributed by atoms with Gasteiger partial charge in [0.1, 0.15) is 5.82 Å². The third-order valence-electron chi connectivity index (χ3n) is 2.78. The Morgan fingerprint density at radius 1 is 1.26 bits per heavy atom. The number of hydrogen-bond donors (Lipinski definition) is 2. The van der Waals surface area contributed by atoms with Crippen LogP contribution in [0.3, 0.4) is 0 Å². The Bertz CT molecular complexity index is 591. The zero-order chi connectivity index (χ0) is 13.8. The largest absolute Gasteiger partial charge is 0.399 e. The summed E-state index contributed by atoms with van der Waals surface area (Å²) in [6.07, 6.45) is 0.886. The van der Waals surface area contributed by atoms with Crippen LogP contribution in [0.5, 0.6) is 0 Å². The van der Waals surface area contributed by atoms with Gasteiger partial charge in [-0.1, -0.05) is 19.1 Å². The second-order valence-corrected chi connectivity index (χ2v) is 4.28. The van der Waals surface area contributed by atoms with Crippen molar-refractivity contribution in [2.75, 3.05) is 11.1 Å². The molecular formula is C15H15FN2O. The molecule has 0 atom stereocenters. The third kappa shape index (κ3) is 3.31. The molecule has 3 nitrogen and oxygen atoms in total. The van der Waals surface area contributed by atoms with Crippen molar-refractivity contribution in [3.05, 3.63) is 59.4 Å². The van der Waals surface area contributed by atoms with Gasteiger partial charge < -0.3 is 11.1 Å². The average Bonchev–Trinajstić information content (AvgIpc) is 2.37. The van der Waals surface area contributed by atoms with Gasteiger partial charge in [0, 0.05) is 16.9 Å². The first-order chi connectivity index (χ1) is 9.08. The van der Waals surface area contributed by atoms with Crippen LogP contribution in [0, 0.1) is 5.82 Å². The van der Waals surface area contributed by atoms with E-state index in [9.17, 15) is 9.18 Å². The lowest BCUT2D eigenvalue weighted by Crippen LogP contribution is -2.12. The molecule has 98 valence electrons. The van der Waals surface area contributed by atoms with E-state index in [1.54, 1.807) is 6.07 Å². The molecule has 0 radical (unpaired) electrons. The van der Waals surface area contributed by atoms with Gasteiger partial charge in [0.15, 0.2) is 0 Å². The molecule has 0 aliphatic carbocycles. The molecule has 0 aliphatic heterocycles. The van der Waals surface area contributed by atoms with Crippen LogP contribution in [-0.2, 0) is 6.42 Å². The van der Waals surface area contributed by atoms with Gasteiger partial charge in [-0.3, -0.25) is 4.79 Å². The predicted octanol–water partition coefficient (Wildman–Crippen LogP) is 3.22. The summed E-state index contributed by atoms with van der Waals surface area (Å²) in [6, 6.07) is 11.3. The Labute approximate surface area is 111 Å². The van der Waals surface area contributed by atoms with Crippen molar-refractivity contribution < 1.29 is 9.18 Å². The van der Waals surface area contributed by atoms with E-state index in [0.29, 0.717) is 5.69 Å². The summed E-state index contributed by atoms with van der Waals surface area (Å²) in [5.74, 6) is -0.896. The molecule has 0 fully saturated rings. The minimum Gasteiger partial charge on any atom is -0.399 e. The molecule has 2 aromatic carbocycles. The van der Waals surface area contributed by atoms with E-state index in [0.717, 1.165) is 18.1 Å². The smallest absolute Gasteiger partial charge is 0.255 e. The molecule has 0 saturated heterocycles. The van der Waals surface area contributed by atoms with Crippen LogP contribution < -0.4 is 11.1 Å². The number of nitrogens with two attached hydrogens (primary N) is 1. The standard InChI is InChI=1S/C15H15FN2O/c1-2-10-4-3-5-14(6-10)18-15(19)11-7-12(16)9-13(17)8-11/h3-9H,2,17H2,1H3,(H,18,19). The molecular weight excluding hydrogens is 243 g/mol. The maximum atomic E-state index is 13.2. The first-order valence-electron chi connectivity index (χ1n) is 6.05. The van der Waals surface area contributed by atoms with Gasteiger partial charge >= 0.3 is 0 Å². The lowest BCUT2D eigenvalue weighted by atomic mass is 10.1. The van der Waals surface area contributed by atoms with Gasteiger partial charge in [-0.05, 0) is 42.3 Å². The fourth-order valence-electron chi connectivity index (χ4n) is 1.82. The topological polar surface area (TPSA) is 55.1 Å². The number of rotatable bonds is 3. The lowest BCUT2D eigenvalue weighted by Gasteiger charge is -2.07. The van der Waals surface area contributed by atoms with Crippen molar-refractivity contribution in [2.45, 2.75) is 13.3 Å². The molecule has 0 heterocycles. The van der Waals surface area contributed by atoms with Crippen LogP contribution in [0.15, 0.2) is 42.5 Å². The number of halogens is 1. The Morgan fingerprint density at radius 3 is 2.74 bits per heavy atom. The van der Waals surface area contributed by atoms with E-state index in [2.05, 4.69) is 5.32 Å². The number of benzene rings is 2. The number of aryl methyl sites for hydroxylation is 1. The number of nitrogen functional groups attached to an aromatic ring is 1. The number of amides is 1. The van der Waals surface area contributed by atoms with Crippen molar-refractivity contribution in [2.24, 2.45) is 0 Å². The fraction of sp³-hybridized carbons (Fsp3) is 0.133. The second kappa shape index (κ2) is 5.52. The van der Waals surface area contributed by atoms with Crippen molar-refractivity contribution in [1.82, 2.24) is 0 Å². The van der Waals surface area contributed by atoms with Crippen LogP contribution in [0.4, 0.5) is 15.8 Å². The Morgan fingerprint density at radius 2 is 2.05 bits per heavy atom. The van der Waals surface area contributed by atoms with Crippen LogP contribution >= 0.6 is 0 Å². The molecule has 0 spiro atoms. The van der Waals surface area contributed by atoms with Crippen LogP contribution in [0.1, 0.15) is 22.8 Å². The lowest BCUT2D eigenvalue weighted by molar-refractivity contribution is 0.102. The highest BCUT2D eigenvalue weighted by Gasteiger charge is 2.08. The summed E-state index contributed by atoms with van der Waals surface area (Å²) in [5.41, 5.74) is 7.76. The van der Waals surface area contributed by atoms with Crippen LogP contribution in [-0.4, -0.2) is 5.91 Å². The minimum atomic E-state index is -0.521. The maximum Gasteiger partial charge on any atom is 0.255 e. The van der Waals surface area contributed by atoms with Gasteiger partial charge in [-0.2, -0.15) is 0 Å². The molecule has 0 aromatic heterocycles. The number of hydrogen-bond acceptors (Lipinski definition) is 2. The zero-order valence-corrected chi connectivity index (χ0v) is 10.6. The fourth-order valence-corrected chi connectivity index (χ4v) is 1.82. The van der Waals surface area contributed by atoms with E-state index < -0.39 is 5.82 Å². The minimum absolute atomic E-state index is 0.208. The number of carbonyl (C=O) groups excluding carboxylic acids is 1. The Balaban J connectivity index is 2.20. The van der Waals surface area contributed by atoms with Crippen molar-refractivity contribution in [3.63, 3.8) is 0 Å². The molecule has 0 bridgehead atoms. The highest BCUT2D eigenvalue weighted by atomic mass is 19.1. The summed E-state index contributed by atoms with van der Waals surface area (Å²) in [4.78, 5) is 12.0. The first-order valence-corrected chi connectivity index (χ1v) is 6.05. The number of carbonyl (C=O) groups is 1. The van der Waals surface area contributed by atoms with E-state index in [1.807, 2.05) is 25.1 Å². The van der Waals surface area contributed by atoms with E-state index in [4.69, 9.17) is 5.73 Å². The molecule has 2 rings (SSSR count). The Kier molecular flexibility index (Phi) is 3.80. The highest BCUT2D eigenvalue weighted by Crippen LogP contribution is 2.15. The molecule has 1 amide bonds. The van der Waals surface area contributed by atoms with Gasteiger partial charge in [0.2, 0.25) is 0 Å². The van der Waals surface area contributed by atoms with Crippen LogP contribution in [0.25, 0.3) is 0 Å². The molecule has 0 aliphatic rings. The van der Waals surface area contributed by atoms with Gasteiger partial charge in [-0.15, -0.1) is 0 Å². The number of nitrogens with one attached hydrogen (secondary N) is 1. The van der Waals surface area contributed by atoms with Gasteiger partial charge in [0.05, 0.1) is 0 Å². The maximum absolute atomic E-state index is 13.2. The van der Waals surface area contributed by atoms with E-state index in [1.165, 1.54) is 12.1 Å². The molecule has 4 heteroatoms. The normalized spacial score (nSPS) is 10.2. The quantitative estimate of drug-likeness (QED) is 0.830. The van der Waals surface area contributed by atoms with Crippen molar-refractivity contribution >= 4 is 17.3 Å². The third-order valence-corrected chi connectivity index (χ3v) is 2.78. The number of anilines is 2. The van der Waals surface area contributed by atoms with E-state index in [-0.39, 0.29) is 17.2 Å². The summed E-state index contributed by atoms with van der Waals surface area (Å²) in [5, 5.41) is 2.73. The second-order valence-electron chi connectivity index (χ2n) is 4.28. The average molecular weight is 258 g/mol. The van der Waals surface area contributed by atoms with Gasteiger partial charge in [-0.25, -0.2) is 4.39 Å². The molecule has 2 aromatic rings. The predicted molar refractivity (Wildman–Crippen MR) is 74.6 cm³/mol. The Hall–Kier alpha value is -2.36. The molecule has 0 unspecified atom stereocenters. The monoisotopic (exact) mass is 258 g/mol. The highest BCUT2D eigenvalue weighted by molar-refractivity contribution is 6.04. The first kappa shape index (κ1) is 13.1. The molecule has 0 saturated carbocycles. The van der Waals surface area contributed by atoms with Crippen molar-refractivity contribution in [1.29, 1.82) is 0 Å². The van der Waals surface area contributed by atoms with Gasteiger partial charge in [0.25, 0.3) is 5.91 Å². The zero-order valence-electron chi connectivity index (χ0n) is 10.6. The summed E-state index contributed by atoms with van der Waals surface area (Å²) >= 11 is 0. The molecule has 19 heavy (non-hydrogen) atoms. The summed E-state index contributed by atoms with van der Waals surface area (Å²) in [7, 11) is 0. The molecule has 3 N–H and O–H groups in total. The SMILES string of the molecule is CCc1cccc(NC(=O)c2cc(N)cc(F)c2)c1. The van der Waals surface area contributed by atoms with E-state index >= 15 is 0 Å². The summed E-state index contributed by atoms with van der Waals surface area (Å²) in [6.45, 7) is 2.04. The van der Waals surface area contributed by atoms with Crippen molar-refractivity contribution in [3.8, 4) is 0 Å².